The number of alkyl halides is 3. The molecule has 5 rings (SSSR count). The van der Waals surface area contributed by atoms with Gasteiger partial charge in [0.05, 0.1) is 0 Å². The first-order valence-corrected chi connectivity index (χ1v) is 14.9. The van der Waals surface area contributed by atoms with Crippen LogP contribution in [0.3, 0.4) is 0 Å². The van der Waals surface area contributed by atoms with Crippen molar-refractivity contribution in [2.45, 2.75) is 48.9 Å². The SMILES string of the molecule is CNC(=O)c1ccc(OC)c(NCC#Cc2cc3c(N[C@@H]4CC[C@@H]5CC[C@H]4N5C)cccn3c2[Se]C(F)(F)F)c1. The van der Waals surface area contributed by atoms with Crippen LogP contribution in [0.5, 0.6) is 5.75 Å². The second-order valence-electron chi connectivity index (χ2n) is 10.0. The number of hydrogen-bond acceptors (Lipinski definition) is 5. The Morgan fingerprint density at radius 3 is 2.70 bits per heavy atom. The molecule has 4 heterocycles. The molecule has 1 aromatic carbocycles. The van der Waals surface area contributed by atoms with Crippen LogP contribution < -0.4 is 25.3 Å². The van der Waals surface area contributed by atoms with Crippen LogP contribution in [0.1, 0.15) is 41.6 Å². The molecule has 2 aromatic heterocycles. The average molecular weight is 619 g/mol. The van der Waals surface area contributed by atoms with Gasteiger partial charge in [-0.1, -0.05) is 0 Å². The van der Waals surface area contributed by atoms with Gasteiger partial charge in [-0.15, -0.1) is 0 Å². The first kappa shape index (κ1) is 28.2. The van der Waals surface area contributed by atoms with Crippen molar-refractivity contribution < 1.29 is 22.7 Å². The molecule has 2 aliphatic heterocycles. The topological polar surface area (TPSA) is 70.0 Å². The predicted molar refractivity (Wildman–Crippen MR) is 152 cm³/mol. The monoisotopic (exact) mass is 619 g/mol. The molecule has 0 aliphatic carbocycles. The summed E-state index contributed by atoms with van der Waals surface area (Å²) >= 11 is -1.77. The van der Waals surface area contributed by atoms with Crippen LogP contribution >= 0.6 is 0 Å². The first-order chi connectivity index (χ1) is 19.2. The number of carbonyl (C=O) groups excluding carboxylic acids is 1. The minimum absolute atomic E-state index is 0.153. The van der Waals surface area contributed by atoms with E-state index in [1.54, 1.807) is 48.0 Å². The van der Waals surface area contributed by atoms with E-state index in [-0.39, 0.29) is 23.1 Å². The third-order valence-electron chi connectivity index (χ3n) is 7.77. The van der Waals surface area contributed by atoms with Crippen molar-refractivity contribution in [2.24, 2.45) is 0 Å². The molecule has 1 amide bonds. The quantitative estimate of drug-likeness (QED) is 0.279. The van der Waals surface area contributed by atoms with Crippen molar-refractivity contribution in [2.75, 3.05) is 38.4 Å². The van der Waals surface area contributed by atoms with E-state index in [2.05, 4.69) is 39.7 Å². The van der Waals surface area contributed by atoms with E-state index in [1.807, 2.05) is 6.07 Å². The van der Waals surface area contributed by atoms with Gasteiger partial charge in [-0.25, -0.2) is 0 Å². The summed E-state index contributed by atoms with van der Waals surface area (Å²) in [4.78, 5) is 14.5. The first-order valence-electron chi connectivity index (χ1n) is 13.2. The van der Waals surface area contributed by atoms with Crippen molar-refractivity contribution in [3.05, 3.63) is 53.7 Å². The number of anilines is 2. The van der Waals surface area contributed by atoms with Crippen molar-refractivity contribution >= 4 is 42.3 Å². The van der Waals surface area contributed by atoms with Gasteiger partial charge < -0.3 is 0 Å². The summed E-state index contributed by atoms with van der Waals surface area (Å²) in [5.74, 6) is 6.23. The van der Waals surface area contributed by atoms with Crippen molar-refractivity contribution in [3.8, 4) is 17.6 Å². The molecule has 0 radical (unpaired) electrons. The van der Waals surface area contributed by atoms with Crippen LogP contribution in [-0.2, 0) is 0 Å². The number of piperidine rings is 1. The number of halogens is 3. The zero-order valence-electron chi connectivity index (χ0n) is 22.6. The van der Waals surface area contributed by atoms with E-state index < -0.39 is 20.0 Å². The number of likely N-dealkylation sites (N-methyl/N-ethyl adjacent to an activating group) is 1. The van der Waals surface area contributed by atoms with Gasteiger partial charge in [-0.2, -0.15) is 0 Å². The molecule has 0 spiro atoms. The second kappa shape index (κ2) is 11.7. The molecule has 2 bridgehead atoms. The van der Waals surface area contributed by atoms with Gasteiger partial charge in [0.1, 0.15) is 0 Å². The summed E-state index contributed by atoms with van der Waals surface area (Å²) in [7, 11) is 5.24. The Hall–Kier alpha value is -3.32. The van der Waals surface area contributed by atoms with Crippen molar-refractivity contribution in [1.82, 2.24) is 14.6 Å². The van der Waals surface area contributed by atoms with E-state index >= 15 is 0 Å². The van der Waals surface area contributed by atoms with Gasteiger partial charge in [-0.05, 0) is 0 Å². The number of methoxy groups -OCH3 is 1. The fourth-order valence-electron chi connectivity index (χ4n) is 5.82. The molecule has 2 saturated heterocycles. The Kier molecular flexibility index (Phi) is 8.22. The minimum atomic E-state index is -4.32. The summed E-state index contributed by atoms with van der Waals surface area (Å²) in [6.45, 7) is 0.153. The number of benzene rings is 1. The Balaban J connectivity index is 1.41. The maximum absolute atomic E-state index is 13.7. The third-order valence-corrected chi connectivity index (χ3v) is 9.53. The normalized spacial score (nSPS) is 20.6. The summed E-state index contributed by atoms with van der Waals surface area (Å²) in [6.07, 6.45) is 6.18. The Labute approximate surface area is 238 Å². The molecule has 2 aliphatic rings. The number of nitrogens with zero attached hydrogens (tertiary/aromatic N) is 2. The molecule has 3 atom stereocenters. The molecule has 40 heavy (non-hydrogen) atoms. The van der Waals surface area contributed by atoms with Gasteiger partial charge in [0, 0.05) is 0 Å². The number of pyridine rings is 1. The van der Waals surface area contributed by atoms with Crippen LogP contribution in [0.4, 0.5) is 24.5 Å². The molecular formula is C29H32F3N5O2Se. The molecule has 11 heteroatoms. The zero-order valence-corrected chi connectivity index (χ0v) is 24.3. The third kappa shape index (κ3) is 5.90. The van der Waals surface area contributed by atoms with Crippen molar-refractivity contribution in [3.63, 3.8) is 0 Å². The van der Waals surface area contributed by atoms with Crippen LogP contribution in [0.15, 0.2) is 42.6 Å². The summed E-state index contributed by atoms with van der Waals surface area (Å²) in [6, 6.07) is 11.8. The van der Waals surface area contributed by atoms with Gasteiger partial charge >= 0.3 is 238 Å². The predicted octanol–water partition coefficient (Wildman–Crippen LogP) is 3.66. The van der Waals surface area contributed by atoms with Crippen LogP contribution in [0.2, 0.25) is 0 Å². The van der Waals surface area contributed by atoms with Gasteiger partial charge in [0.2, 0.25) is 0 Å². The maximum atomic E-state index is 13.7. The fourth-order valence-corrected chi connectivity index (χ4v) is 7.28. The zero-order chi connectivity index (χ0) is 28.4. The summed E-state index contributed by atoms with van der Waals surface area (Å²) in [5.41, 5.74) is 2.90. The van der Waals surface area contributed by atoms with E-state index in [1.165, 1.54) is 13.5 Å². The standard InChI is InChI=1S/C29H32F3N5O2Se/c1-33-27(38)18-8-13-26(39-3)23(16-18)34-14-4-6-19-17-25-21(7-5-15-37(25)28(19)40-29(30,31)32)35-22-11-9-20-10-12-24(22)36(20)2/h5,7-8,13,15-17,20,22,24,34-35H,9-12,14H2,1-3H3,(H,33,38)/t20-,22-,24-/m1/s1. The molecule has 3 aromatic rings. The van der Waals surface area contributed by atoms with Gasteiger partial charge in [-0.3, -0.25) is 0 Å². The molecule has 7 nitrogen and oxygen atoms in total. The molecule has 3 N–H and O–H groups in total. The van der Waals surface area contributed by atoms with Gasteiger partial charge in [0.25, 0.3) is 0 Å². The Morgan fingerprint density at radius 1 is 1.15 bits per heavy atom. The number of amides is 1. The Morgan fingerprint density at radius 2 is 1.95 bits per heavy atom. The van der Waals surface area contributed by atoms with Crippen LogP contribution in [0, 0.1) is 11.8 Å². The van der Waals surface area contributed by atoms with E-state index in [9.17, 15) is 18.0 Å². The average Bonchev–Trinajstić information content (AvgIpc) is 3.38. The molecule has 2 fully saturated rings. The fraction of sp³-hybridized carbons (Fsp3) is 0.414. The number of fused-ring (bicyclic) bond motifs is 3. The number of rotatable bonds is 7. The van der Waals surface area contributed by atoms with Crippen LogP contribution in [0.25, 0.3) is 5.52 Å². The van der Waals surface area contributed by atoms with E-state index in [0.717, 1.165) is 24.9 Å². The number of hydrogen-bond donors (Lipinski definition) is 3. The number of ether oxygens (including phenoxy) is 1. The second-order valence-corrected chi connectivity index (χ2v) is 12.2. The molecule has 0 saturated carbocycles. The molecular weight excluding hydrogens is 586 g/mol. The van der Waals surface area contributed by atoms with Crippen molar-refractivity contribution in [1.29, 1.82) is 0 Å². The number of aromatic nitrogens is 1. The van der Waals surface area contributed by atoms with Gasteiger partial charge in [0.15, 0.2) is 0 Å². The van der Waals surface area contributed by atoms with E-state index in [4.69, 9.17) is 4.74 Å². The molecule has 212 valence electrons. The van der Waals surface area contributed by atoms with Crippen LogP contribution in [-0.4, -0.2) is 81.1 Å². The molecule has 0 unspecified atom stereocenters. The van der Waals surface area contributed by atoms with E-state index in [0.29, 0.717) is 40.2 Å². The summed E-state index contributed by atoms with van der Waals surface area (Å²) in [5, 5.41) is 5.04. The summed E-state index contributed by atoms with van der Waals surface area (Å²) < 4.78 is 48.1. The number of nitrogens with one attached hydrogen (secondary N) is 3. The number of carbonyl (C=O) groups is 1. The Bertz CT molecular complexity index is 1460.